The molecule has 0 aliphatic carbocycles. The van der Waals surface area contributed by atoms with Crippen molar-refractivity contribution >= 4 is 27.5 Å². The first-order valence-electron chi connectivity index (χ1n) is 7.36. The predicted octanol–water partition coefficient (Wildman–Crippen LogP) is 2.84. The van der Waals surface area contributed by atoms with Crippen LogP contribution in [-0.4, -0.2) is 22.1 Å². The fourth-order valence-electron chi connectivity index (χ4n) is 2.24. The van der Waals surface area contributed by atoms with Crippen molar-refractivity contribution in [2.75, 3.05) is 6.61 Å². The van der Waals surface area contributed by atoms with E-state index in [9.17, 15) is 9.59 Å². The molecular formula is C16H16N2O4S. The minimum Gasteiger partial charge on any atom is -0.460 e. The molecule has 0 amide bonds. The number of esters is 1. The molecule has 23 heavy (non-hydrogen) atoms. The molecule has 0 radical (unpaired) electrons. The molecule has 0 aliphatic rings. The molecule has 6 nitrogen and oxygen atoms in total. The van der Waals surface area contributed by atoms with Crippen molar-refractivity contribution in [1.29, 1.82) is 0 Å². The lowest BCUT2D eigenvalue weighted by Crippen LogP contribution is -2.20. The fourth-order valence-corrected chi connectivity index (χ4v) is 3.16. The molecule has 0 saturated carbocycles. The van der Waals surface area contributed by atoms with E-state index in [-0.39, 0.29) is 24.5 Å². The predicted molar refractivity (Wildman–Crippen MR) is 87.0 cm³/mol. The molecule has 0 atom stereocenters. The minimum absolute atomic E-state index is 0.111. The van der Waals surface area contributed by atoms with E-state index < -0.39 is 5.97 Å². The molecule has 0 spiro atoms. The van der Waals surface area contributed by atoms with Crippen LogP contribution in [0, 0.1) is 0 Å². The third-order valence-electron chi connectivity index (χ3n) is 3.38. The van der Waals surface area contributed by atoms with Gasteiger partial charge in [0.05, 0.1) is 24.9 Å². The number of furan rings is 1. The van der Waals surface area contributed by atoms with Crippen LogP contribution in [0.5, 0.6) is 0 Å². The van der Waals surface area contributed by atoms with Gasteiger partial charge in [0.2, 0.25) is 5.76 Å². The van der Waals surface area contributed by atoms with Crippen LogP contribution in [0.15, 0.2) is 33.7 Å². The summed E-state index contributed by atoms with van der Waals surface area (Å²) < 4.78 is 11.8. The van der Waals surface area contributed by atoms with Gasteiger partial charge in [-0.15, -0.1) is 11.3 Å². The second-order valence-corrected chi connectivity index (χ2v) is 6.06. The van der Waals surface area contributed by atoms with E-state index in [1.807, 2.05) is 13.0 Å². The molecule has 0 saturated heterocycles. The first kappa shape index (κ1) is 15.5. The smallest absolute Gasteiger partial charge is 0.374 e. The van der Waals surface area contributed by atoms with Crippen molar-refractivity contribution < 1.29 is 13.9 Å². The molecule has 3 aromatic rings. The standard InChI is InChI=1S/C16H16N2O4S/c1-3-11-7-12-14(23-11)17-9-18(15(12)19)8-10-5-6-13(22-10)16(20)21-4-2/h5-7,9H,3-4,8H2,1-2H3. The Labute approximate surface area is 136 Å². The summed E-state index contributed by atoms with van der Waals surface area (Å²) in [6.45, 7) is 4.28. The molecule has 0 aliphatic heterocycles. The van der Waals surface area contributed by atoms with Gasteiger partial charge in [0.15, 0.2) is 0 Å². The highest BCUT2D eigenvalue weighted by molar-refractivity contribution is 7.18. The summed E-state index contributed by atoms with van der Waals surface area (Å²) >= 11 is 1.53. The van der Waals surface area contributed by atoms with Gasteiger partial charge in [-0.05, 0) is 31.5 Å². The zero-order chi connectivity index (χ0) is 16.4. The molecule has 3 aromatic heterocycles. The van der Waals surface area contributed by atoms with Gasteiger partial charge < -0.3 is 9.15 Å². The lowest BCUT2D eigenvalue weighted by atomic mass is 10.3. The molecule has 120 valence electrons. The maximum Gasteiger partial charge on any atom is 0.374 e. The Balaban J connectivity index is 1.88. The third-order valence-corrected chi connectivity index (χ3v) is 4.57. The summed E-state index contributed by atoms with van der Waals surface area (Å²) in [6, 6.07) is 5.09. The zero-order valence-electron chi connectivity index (χ0n) is 12.9. The normalized spacial score (nSPS) is 11.0. The maximum absolute atomic E-state index is 12.5. The van der Waals surface area contributed by atoms with Gasteiger partial charge in [0.1, 0.15) is 10.6 Å². The number of rotatable bonds is 5. The number of ether oxygens (including phenoxy) is 1. The van der Waals surface area contributed by atoms with Gasteiger partial charge in [0.25, 0.3) is 5.56 Å². The van der Waals surface area contributed by atoms with Crippen LogP contribution in [0.4, 0.5) is 0 Å². The fraction of sp³-hybridized carbons (Fsp3) is 0.312. The van der Waals surface area contributed by atoms with E-state index in [4.69, 9.17) is 9.15 Å². The van der Waals surface area contributed by atoms with Gasteiger partial charge >= 0.3 is 5.97 Å². The Morgan fingerprint density at radius 3 is 2.96 bits per heavy atom. The number of hydrogen-bond donors (Lipinski definition) is 0. The SMILES string of the molecule is CCOC(=O)c1ccc(Cn2cnc3sc(CC)cc3c2=O)o1. The van der Waals surface area contributed by atoms with Crippen LogP contribution >= 0.6 is 11.3 Å². The molecule has 0 fully saturated rings. The first-order valence-corrected chi connectivity index (χ1v) is 8.17. The summed E-state index contributed by atoms with van der Waals surface area (Å²) in [5.41, 5.74) is -0.111. The number of fused-ring (bicyclic) bond motifs is 1. The first-order chi connectivity index (χ1) is 11.1. The van der Waals surface area contributed by atoms with Gasteiger partial charge in [-0.2, -0.15) is 0 Å². The van der Waals surface area contributed by atoms with E-state index >= 15 is 0 Å². The number of nitrogens with zero attached hydrogens (tertiary/aromatic N) is 2. The quantitative estimate of drug-likeness (QED) is 0.672. The summed E-state index contributed by atoms with van der Waals surface area (Å²) in [6.07, 6.45) is 2.38. The zero-order valence-corrected chi connectivity index (χ0v) is 13.7. The molecule has 3 rings (SSSR count). The average molecular weight is 332 g/mol. The summed E-state index contributed by atoms with van der Waals surface area (Å²) in [5, 5.41) is 0.617. The van der Waals surface area contributed by atoms with Gasteiger partial charge in [-0.25, -0.2) is 9.78 Å². The number of thiophene rings is 1. The molecule has 3 heterocycles. The van der Waals surface area contributed by atoms with Crippen molar-refractivity contribution in [2.24, 2.45) is 0 Å². The van der Waals surface area contributed by atoms with Gasteiger partial charge in [0, 0.05) is 4.88 Å². The van der Waals surface area contributed by atoms with Crippen LogP contribution in [0.3, 0.4) is 0 Å². The van der Waals surface area contributed by atoms with Crippen molar-refractivity contribution in [2.45, 2.75) is 26.8 Å². The average Bonchev–Trinajstić information content (AvgIpc) is 3.17. The van der Waals surface area contributed by atoms with E-state index in [2.05, 4.69) is 4.98 Å². The van der Waals surface area contributed by atoms with Crippen molar-refractivity contribution in [3.8, 4) is 0 Å². The van der Waals surface area contributed by atoms with Gasteiger partial charge in [-0.1, -0.05) is 6.92 Å². The Bertz CT molecular complexity index is 906. The lowest BCUT2D eigenvalue weighted by Gasteiger charge is -2.02. The number of carbonyl (C=O) groups excluding carboxylic acids is 1. The van der Waals surface area contributed by atoms with Crippen LogP contribution in [0.25, 0.3) is 10.2 Å². The Morgan fingerprint density at radius 2 is 2.22 bits per heavy atom. The third kappa shape index (κ3) is 3.05. The van der Waals surface area contributed by atoms with E-state index in [0.29, 0.717) is 11.1 Å². The maximum atomic E-state index is 12.5. The Hall–Kier alpha value is -2.41. The topological polar surface area (TPSA) is 74.3 Å². The van der Waals surface area contributed by atoms with Crippen LogP contribution in [0.1, 0.15) is 35.0 Å². The van der Waals surface area contributed by atoms with Crippen molar-refractivity contribution in [3.63, 3.8) is 0 Å². The Kier molecular flexibility index (Phi) is 4.29. The number of hydrogen-bond acceptors (Lipinski definition) is 6. The van der Waals surface area contributed by atoms with Crippen molar-refractivity contribution in [1.82, 2.24) is 9.55 Å². The molecule has 0 N–H and O–H groups in total. The Morgan fingerprint density at radius 1 is 1.39 bits per heavy atom. The van der Waals surface area contributed by atoms with Crippen molar-refractivity contribution in [3.05, 3.63) is 51.3 Å². The molecular weight excluding hydrogens is 316 g/mol. The molecule has 0 unspecified atom stereocenters. The van der Waals surface area contributed by atoms with E-state index in [1.54, 1.807) is 19.1 Å². The van der Waals surface area contributed by atoms with Crippen LogP contribution in [0.2, 0.25) is 0 Å². The summed E-state index contributed by atoms with van der Waals surface area (Å²) in [7, 11) is 0. The highest BCUT2D eigenvalue weighted by Gasteiger charge is 2.14. The molecule has 7 heteroatoms. The van der Waals surface area contributed by atoms with Gasteiger partial charge in [-0.3, -0.25) is 9.36 Å². The number of carbonyl (C=O) groups is 1. The summed E-state index contributed by atoms with van der Waals surface area (Å²) in [4.78, 5) is 30.3. The second-order valence-electron chi connectivity index (χ2n) is 4.95. The number of aromatic nitrogens is 2. The largest absolute Gasteiger partial charge is 0.460 e. The summed E-state index contributed by atoms with van der Waals surface area (Å²) in [5.74, 6) is 0.125. The lowest BCUT2D eigenvalue weighted by molar-refractivity contribution is 0.0488. The van der Waals surface area contributed by atoms with Crippen LogP contribution < -0.4 is 5.56 Å². The molecule has 0 bridgehead atoms. The molecule has 0 aromatic carbocycles. The highest BCUT2D eigenvalue weighted by atomic mass is 32.1. The van der Waals surface area contributed by atoms with E-state index in [1.165, 1.54) is 22.2 Å². The monoisotopic (exact) mass is 332 g/mol. The minimum atomic E-state index is -0.509. The van der Waals surface area contributed by atoms with E-state index in [0.717, 1.165) is 16.1 Å². The second kappa shape index (κ2) is 6.37. The number of aryl methyl sites for hydroxylation is 1. The highest BCUT2D eigenvalue weighted by Crippen LogP contribution is 2.21. The van der Waals surface area contributed by atoms with Crippen LogP contribution in [-0.2, 0) is 17.7 Å².